The van der Waals surface area contributed by atoms with Crippen molar-refractivity contribution in [3.8, 4) is 6.07 Å². The van der Waals surface area contributed by atoms with Gasteiger partial charge in [0, 0.05) is 9.37 Å². The normalized spacial score (nSPS) is 11.5. The minimum Gasteiger partial charge on any atom is -0.324 e. The summed E-state index contributed by atoms with van der Waals surface area (Å²) in [7, 11) is 0. The van der Waals surface area contributed by atoms with Gasteiger partial charge in [-0.1, -0.05) is 24.3 Å². The number of carbonyl (C=O) groups excluding carboxylic acids is 1. The summed E-state index contributed by atoms with van der Waals surface area (Å²) < 4.78 is 0.965. The smallest absolute Gasteiger partial charge is 0.237 e. The molecule has 1 amide bonds. The number of hydrogen-bond donors (Lipinski definition) is 1. The van der Waals surface area contributed by atoms with E-state index in [0.29, 0.717) is 11.3 Å². The highest BCUT2D eigenvalue weighted by Gasteiger charge is 2.16. The number of nitrogens with zero attached hydrogens (tertiary/aromatic N) is 1. The maximum absolute atomic E-state index is 12.2. The number of benzene rings is 2. The SMILES string of the molecule is CC(Sc1ccccc1Br)C(=O)Nc1ccccc1C#N. The van der Waals surface area contributed by atoms with Gasteiger partial charge in [0.15, 0.2) is 0 Å². The molecule has 1 N–H and O–H groups in total. The number of para-hydroxylation sites is 1. The number of halogens is 1. The number of nitriles is 1. The first-order chi connectivity index (χ1) is 10.1. The molecule has 2 aromatic carbocycles. The molecule has 0 radical (unpaired) electrons. The Kier molecular flexibility index (Phi) is 5.43. The van der Waals surface area contributed by atoms with Gasteiger partial charge in [0.05, 0.1) is 16.5 Å². The molecule has 3 nitrogen and oxygen atoms in total. The van der Waals surface area contributed by atoms with E-state index < -0.39 is 0 Å². The summed E-state index contributed by atoms with van der Waals surface area (Å²) in [6.45, 7) is 1.84. The van der Waals surface area contributed by atoms with Crippen molar-refractivity contribution in [2.75, 3.05) is 5.32 Å². The zero-order valence-corrected chi connectivity index (χ0v) is 13.7. The molecule has 106 valence electrons. The summed E-state index contributed by atoms with van der Waals surface area (Å²) in [6.07, 6.45) is 0. The number of thioether (sulfide) groups is 1. The second-order valence-corrected chi connectivity index (χ2v) is 6.57. The van der Waals surface area contributed by atoms with Gasteiger partial charge in [0.1, 0.15) is 6.07 Å². The Bertz CT molecular complexity index is 697. The van der Waals surface area contributed by atoms with E-state index in [1.54, 1.807) is 24.3 Å². The minimum atomic E-state index is -0.268. The summed E-state index contributed by atoms with van der Waals surface area (Å²) >= 11 is 4.94. The summed E-state index contributed by atoms with van der Waals surface area (Å²) in [5.74, 6) is -0.126. The van der Waals surface area contributed by atoms with Crippen LogP contribution in [-0.2, 0) is 4.79 Å². The van der Waals surface area contributed by atoms with Crippen LogP contribution in [0.5, 0.6) is 0 Å². The van der Waals surface area contributed by atoms with Gasteiger partial charge in [-0.25, -0.2) is 0 Å². The van der Waals surface area contributed by atoms with Gasteiger partial charge >= 0.3 is 0 Å². The molecule has 1 atom stereocenters. The van der Waals surface area contributed by atoms with Crippen molar-refractivity contribution >= 4 is 39.3 Å². The maximum atomic E-state index is 12.2. The quantitative estimate of drug-likeness (QED) is 0.819. The Hall–Kier alpha value is -1.77. The Morgan fingerprint density at radius 1 is 1.24 bits per heavy atom. The van der Waals surface area contributed by atoms with Gasteiger partial charge in [-0.3, -0.25) is 4.79 Å². The number of carbonyl (C=O) groups is 1. The van der Waals surface area contributed by atoms with Crippen LogP contribution in [0.15, 0.2) is 57.9 Å². The second kappa shape index (κ2) is 7.30. The van der Waals surface area contributed by atoms with Gasteiger partial charge in [0.25, 0.3) is 0 Å². The molecule has 2 aromatic rings. The lowest BCUT2D eigenvalue weighted by molar-refractivity contribution is -0.115. The standard InChI is InChI=1S/C16H13BrN2OS/c1-11(21-15-9-5-3-7-13(15)17)16(20)19-14-8-4-2-6-12(14)10-18/h2-9,11H,1H3,(H,19,20). The molecule has 1 unspecified atom stereocenters. The van der Waals surface area contributed by atoms with Gasteiger partial charge in [-0.15, -0.1) is 11.8 Å². The topological polar surface area (TPSA) is 52.9 Å². The molecule has 0 bridgehead atoms. The molecule has 2 rings (SSSR count). The van der Waals surface area contributed by atoms with E-state index >= 15 is 0 Å². The average Bonchev–Trinajstić information content (AvgIpc) is 2.50. The van der Waals surface area contributed by atoms with Crippen molar-refractivity contribution < 1.29 is 4.79 Å². The number of rotatable bonds is 4. The predicted molar refractivity (Wildman–Crippen MR) is 89.2 cm³/mol. The molecule has 0 aliphatic carbocycles. The molecule has 0 aromatic heterocycles. The van der Waals surface area contributed by atoms with Crippen LogP contribution in [0.25, 0.3) is 0 Å². The Balaban J connectivity index is 2.07. The van der Waals surface area contributed by atoms with Gasteiger partial charge in [-0.2, -0.15) is 5.26 Å². The van der Waals surface area contributed by atoms with Crippen LogP contribution in [0.2, 0.25) is 0 Å². The van der Waals surface area contributed by atoms with E-state index in [0.717, 1.165) is 9.37 Å². The van der Waals surface area contributed by atoms with Crippen molar-refractivity contribution in [3.05, 3.63) is 58.6 Å². The summed E-state index contributed by atoms with van der Waals surface area (Å²) in [6, 6.07) is 16.8. The van der Waals surface area contributed by atoms with Crippen LogP contribution >= 0.6 is 27.7 Å². The zero-order valence-electron chi connectivity index (χ0n) is 11.3. The lowest BCUT2D eigenvalue weighted by atomic mass is 10.2. The highest BCUT2D eigenvalue weighted by atomic mass is 79.9. The van der Waals surface area contributed by atoms with Crippen LogP contribution in [0.1, 0.15) is 12.5 Å². The van der Waals surface area contributed by atoms with Crippen molar-refractivity contribution in [1.82, 2.24) is 0 Å². The third-order valence-corrected chi connectivity index (χ3v) is 4.95. The lowest BCUT2D eigenvalue weighted by Crippen LogP contribution is -2.22. The number of anilines is 1. The lowest BCUT2D eigenvalue weighted by Gasteiger charge is -2.13. The monoisotopic (exact) mass is 360 g/mol. The molecular weight excluding hydrogens is 348 g/mol. The molecule has 0 aliphatic rings. The van der Waals surface area contributed by atoms with E-state index in [-0.39, 0.29) is 11.2 Å². The summed E-state index contributed by atoms with van der Waals surface area (Å²) in [5, 5.41) is 11.6. The summed E-state index contributed by atoms with van der Waals surface area (Å²) in [5.41, 5.74) is 1.01. The molecule has 0 fully saturated rings. The van der Waals surface area contributed by atoms with E-state index in [2.05, 4.69) is 27.3 Å². The van der Waals surface area contributed by atoms with Crippen LogP contribution in [-0.4, -0.2) is 11.2 Å². The zero-order chi connectivity index (χ0) is 15.2. The average molecular weight is 361 g/mol. The fourth-order valence-electron chi connectivity index (χ4n) is 1.71. The van der Waals surface area contributed by atoms with Crippen LogP contribution < -0.4 is 5.32 Å². The van der Waals surface area contributed by atoms with Gasteiger partial charge in [0.2, 0.25) is 5.91 Å². The van der Waals surface area contributed by atoms with Gasteiger partial charge in [-0.05, 0) is 47.1 Å². The third-order valence-electron chi connectivity index (χ3n) is 2.82. The maximum Gasteiger partial charge on any atom is 0.237 e. The van der Waals surface area contributed by atoms with E-state index in [9.17, 15) is 4.79 Å². The van der Waals surface area contributed by atoms with E-state index in [1.807, 2.05) is 31.2 Å². The van der Waals surface area contributed by atoms with Crippen LogP contribution in [0.4, 0.5) is 5.69 Å². The summed E-state index contributed by atoms with van der Waals surface area (Å²) in [4.78, 5) is 13.2. The second-order valence-electron chi connectivity index (χ2n) is 4.34. The Morgan fingerprint density at radius 3 is 2.62 bits per heavy atom. The number of hydrogen-bond acceptors (Lipinski definition) is 3. The Labute approximate surface area is 136 Å². The third kappa shape index (κ3) is 4.10. The highest BCUT2D eigenvalue weighted by molar-refractivity contribution is 9.10. The van der Waals surface area contributed by atoms with Crippen molar-refractivity contribution in [2.45, 2.75) is 17.1 Å². The molecule has 0 heterocycles. The molecule has 0 saturated heterocycles. The number of nitrogens with one attached hydrogen (secondary N) is 1. The van der Waals surface area contributed by atoms with Crippen LogP contribution in [0.3, 0.4) is 0 Å². The molecule has 0 spiro atoms. The van der Waals surface area contributed by atoms with Crippen molar-refractivity contribution in [1.29, 1.82) is 5.26 Å². The van der Waals surface area contributed by atoms with Crippen molar-refractivity contribution in [3.63, 3.8) is 0 Å². The molecule has 0 aliphatic heterocycles. The first kappa shape index (κ1) is 15.6. The molecule has 5 heteroatoms. The molecule has 21 heavy (non-hydrogen) atoms. The number of amides is 1. The Morgan fingerprint density at radius 2 is 1.90 bits per heavy atom. The molecule has 0 saturated carbocycles. The van der Waals surface area contributed by atoms with E-state index in [4.69, 9.17) is 5.26 Å². The van der Waals surface area contributed by atoms with Crippen LogP contribution in [0, 0.1) is 11.3 Å². The first-order valence-electron chi connectivity index (χ1n) is 6.33. The van der Waals surface area contributed by atoms with Gasteiger partial charge < -0.3 is 5.32 Å². The minimum absolute atomic E-state index is 0.126. The predicted octanol–water partition coefficient (Wildman–Crippen LogP) is 4.44. The highest BCUT2D eigenvalue weighted by Crippen LogP contribution is 2.30. The fourth-order valence-corrected chi connectivity index (χ4v) is 3.16. The fraction of sp³-hybridized carbons (Fsp3) is 0.125. The van der Waals surface area contributed by atoms with E-state index in [1.165, 1.54) is 11.8 Å². The first-order valence-corrected chi connectivity index (χ1v) is 8.00. The largest absolute Gasteiger partial charge is 0.324 e. The molecular formula is C16H13BrN2OS. The van der Waals surface area contributed by atoms with Crippen molar-refractivity contribution in [2.24, 2.45) is 0 Å².